The van der Waals surface area contributed by atoms with Gasteiger partial charge in [0.2, 0.25) is 5.91 Å². The molecule has 0 spiro atoms. The first-order valence-electron chi connectivity index (χ1n) is 7.66. The average molecular weight is 376 g/mol. The highest BCUT2D eigenvalue weighted by Crippen LogP contribution is 2.24. The predicted molar refractivity (Wildman–Crippen MR) is 98.5 cm³/mol. The Kier molecular flexibility index (Phi) is 5.50. The van der Waals surface area contributed by atoms with Gasteiger partial charge in [-0.05, 0) is 42.6 Å². The summed E-state index contributed by atoms with van der Waals surface area (Å²) in [6.45, 7) is 1.80. The molecule has 0 radical (unpaired) electrons. The zero-order valence-electron chi connectivity index (χ0n) is 13.8. The number of benzene rings is 1. The van der Waals surface area contributed by atoms with E-state index in [0.29, 0.717) is 10.8 Å². The van der Waals surface area contributed by atoms with E-state index in [2.05, 4.69) is 21.6 Å². The molecule has 5 nitrogen and oxygen atoms in total. The van der Waals surface area contributed by atoms with Gasteiger partial charge in [0, 0.05) is 24.0 Å². The van der Waals surface area contributed by atoms with Gasteiger partial charge in [-0.15, -0.1) is 21.5 Å². The molecule has 1 aromatic carbocycles. The number of thiophene rings is 1. The molecule has 0 aliphatic heterocycles. The second-order valence-corrected chi connectivity index (χ2v) is 7.81. The van der Waals surface area contributed by atoms with Gasteiger partial charge in [0.25, 0.3) is 0 Å². The van der Waals surface area contributed by atoms with Gasteiger partial charge in [-0.3, -0.25) is 4.79 Å². The number of carbonyl (C=O) groups excluding carboxylic acids is 1. The topological polar surface area (TPSA) is 59.8 Å². The number of anilines is 1. The number of amides is 1. The maximum absolute atomic E-state index is 12.9. The van der Waals surface area contributed by atoms with Crippen molar-refractivity contribution >= 4 is 34.7 Å². The van der Waals surface area contributed by atoms with E-state index in [4.69, 9.17) is 0 Å². The second kappa shape index (κ2) is 7.79. The van der Waals surface area contributed by atoms with Crippen LogP contribution in [0, 0.1) is 5.82 Å². The summed E-state index contributed by atoms with van der Waals surface area (Å²) in [4.78, 5) is 13.5. The highest BCUT2D eigenvalue weighted by Gasteiger charge is 2.19. The van der Waals surface area contributed by atoms with Crippen LogP contribution in [-0.2, 0) is 18.3 Å². The fourth-order valence-electron chi connectivity index (χ4n) is 2.16. The third-order valence-electron chi connectivity index (χ3n) is 3.60. The summed E-state index contributed by atoms with van der Waals surface area (Å²) in [5.41, 5.74) is 0.565. The predicted octanol–water partition coefficient (Wildman–Crippen LogP) is 3.73. The van der Waals surface area contributed by atoms with Gasteiger partial charge >= 0.3 is 0 Å². The molecule has 0 bridgehead atoms. The fourth-order valence-corrected chi connectivity index (χ4v) is 3.69. The summed E-state index contributed by atoms with van der Waals surface area (Å²) in [7, 11) is 1.90. The maximum Gasteiger partial charge on any atom is 0.237 e. The molecule has 3 rings (SSSR count). The normalized spacial score (nSPS) is 12.1. The number of thioether (sulfide) groups is 1. The molecule has 0 saturated carbocycles. The molecule has 3 aromatic rings. The second-order valence-electron chi connectivity index (χ2n) is 5.47. The molecule has 0 saturated heterocycles. The third-order valence-corrected chi connectivity index (χ3v) is 5.61. The summed E-state index contributed by atoms with van der Waals surface area (Å²) in [6, 6.07) is 9.76. The lowest BCUT2D eigenvalue weighted by Gasteiger charge is -2.11. The van der Waals surface area contributed by atoms with Crippen molar-refractivity contribution in [1.82, 2.24) is 14.8 Å². The Labute approximate surface area is 153 Å². The number of rotatable bonds is 6. The number of hydrogen-bond donors (Lipinski definition) is 1. The summed E-state index contributed by atoms with van der Waals surface area (Å²) in [6.07, 6.45) is 0.720. The first kappa shape index (κ1) is 17.6. The molecule has 25 heavy (non-hydrogen) atoms. The van der Waals surface area contributed by atoms with Crippen LogP contribution in [0.25, 0.3) is 0 Å². The minimum absolute atomic E-state index is 0.167. The Morgan fingerprint density at radius 3 is 2.76 bits per heavy atom. The molecule has 2 aromatic heterocycles. The standard InChI is InChI=1S/C17H17FN4OS2/c1-11(16(23)19-13-7-5-12(18)6-8-13)25-17-21-20-15(22(17)2)10-14-4-3-9-24-14/h3-9,11H,10H2,1-2H3,(H,19,23)/t11-/m1/s1. The Bertz CT molecular complexity index is 846. The molecule has 1 amide bonds. The van der Waals surface area contributed by atoms with E-state index in [1.54, 1.807) is 18.3 Å². The Morgan fingerprint density at radius 2 is 2.08 bits per heavy atom. The van der Waals surface area contributed by atoms with Crippen molar-refractivity contribution in [2.24, 2.45) is 7.05 Å². The number of carbonyl (C=O) groups is 1. The summed E-state index contributed by atoms with van der Waals surface area (Å²) < 4.78 is 14.8. The highest BCUT2D eigenvalue weighted by atomic mass is 32.2. The van der Waals surface area contributed by atoms with Crippen LogP contribution in [0.15, 0.2) is 46.9 Å². The van der Waals surface area contributed by atoms with Gasteiger partial charge in [-0.2, -0.15) is 0 Å². The average Bonchev–Trinajstić information content (AvgIpc) is 3.22. The highest BCUT2D eigenvalue weighted by molar-refractivity contribution is 8.00. The molecule has 1 atom stereocenters. The molecule has 2 heterocycles. The smallest absolute Gasteiger partial charge is 0.237 e. The Balaban J connectivity index is 1.62. The SMILES string of the molecule is C[C@@H](Sc1nnc(Cc2cccs2)n1C)C(=O)Nc1ccc(F)cc1. The van der Waals surface area contributed by atoms with Gasteiger partial charge in [-0.1, -0.05) is 17.8 Å². The van der Waals surface area contributed by atoms with Crippen LogP contribution < -0.4 is 5.32 Å². The number of nitrogens with one attached hydrogen (secondary N) is 1. The molecule has 0 unspecified atom stereocenters. The zero-order valence-corrected chi connectivity index (χ0v) is 15.4. The largest absolute Gasteiger partial charge is 0.325 e. The summed E-state index contributed by atoms with van der Waals surface area (Å²) in [5, 5.41) is 13.5. The monoisotopic (exact) mass is 376 g/mol. The first-order valence-corrected chi connectivity index (χ1v) is 9.42. The molecule has 1 N–H and O–H groups in total. The fraction of sp³-hybridized carbons (Fsp3) is 0.235. The van der Waals surface area contributed by atoms with Gasteiger partial charge in [0.1, 0.15) is 11.6 Å². The maximum atomic E-state index is 12.9. The van der Waals surface area contributed by atoms with Crippen molar-refractivity contribution in [3.05, 3.63) is 58.3 Å². The van der Waals surface area contributed by atoms with Crippen molar-refractivity contribution < 1.29 is 9.18 Å². The number of nitrogens with zero attached hydrogens (tertiary/aromatic N) is 3. The summed E-state index contributed by atoms with van der Waals surface area (Å²) in [5.74, 6) is 0.355. The van der Waals surface area contributed by atoms with E-state index in [-0.39, 0.29) is 17.0 Å². The Hall–Kier alpha value is -2.19. The lowest BCUT2D eigenvalue weighted by atomic mass is 10.3. The minimum atomic E-state index is -0.359. The van der Waals surface area contributed by atoms with Gasteiger partial charge in [0.15, 0.2) is 5.16 Å². The van der Waals surface area contributed by atoms with Gasteiger partial charge in [-0.25, -0.2) is 4.39 Å². The van der Waals surface area contributed by atoms with Gasteiger partial charge in [0.05, 0.1) is 5.25 Å². The van der Waals surface area contributed by atoms with Crippen LogP contribution >= 0.6 is 23.1 Å². The van der Waals surface area contributed by atoms with Crippen LogP contribution in [0.5, 0.6) is 0 Å². The lowest BCUT2D eigenvalue weighted by Crippen LogP contribution is -2.22. The molecule has 0 aliphatic rings. The van der Waals surface area contributed by atoms with Crippen molar-refractivity contribution in [2.45, 2.75) is 23.8 Å². The number of hydrogen-bond acceptors (Lipinski definition) is 5. The van der Waals surface area contributed by atoms with E-state index in [1.165, 1.54) is 40.9 Å². The number of halogens is 1. The quantitative estimate of drug-likeness (QED) is 0.666. The molecular weight excluding hydrogens is 359 g/mol. The molecule has 0 aliphatic carbocycles. The van der Waals surface area contributed by atoms with Gasteiger partial charge < -0.3 is 9.88 Å². The zero-order chi connectivity index (χ0) is 17.8. The van der Waals surface area contributed by atoms with Crippen molar-refractivity contribution in [1.29, 1.82) is 0 Å². The lowest BCUT2D eigenvalue weighted by molar-refractivity contribution is -0.115. The van der Waals surface area contributed by atoms with E-state index >= 15 is 0 Å². The van der Waals surface area contributed by atoms with Crippen LogP contribution in [0.1, 0.15) is 17.6 Å². The van der Waals surface area contributed by atoms with Crippen LogP contribution in [-0.4, -0.2) is 25.9 Å². The van der Waals surface area contributed by atoms with E-state index in [1.807, 2.05) is 23.1 Å². The molecule has 8 heteroatoms. The summed E-state index contributed by atoms with van der Waals surface area (Å²) >= 11 is 3.02. The third kappa shape index (κ3) is 4.46. The van der Waals surface area contributed by atoms with Crippen LogP contribution in [0.4, 0.5) is 10.1 Å². The Morgan fingerprint density at radius 1 is 1.32 bits per heavy atom. The minimum Gasteiger partial charge on any atom is -0.325 e. The first-order chi connectivity index (χ1) is 12.0. The molecular formula is C17H17FN4OS2. The van der Waals surface area contributed by atoms with Crippen molar-refractivity contribution in [2.75, 3.05) is 5.32 Å². The van der Waals surface area contributed by atoms with Crippen LogP contribution in [0.3, 0.4) is 0 Å². The van der Waals surface area contributed by atoms with Crippen LogP contribution in [0.2, 0.25) is 0 Å². The number of aromatic nitrogens is 3. The molecule has 0 fully saturated rings. The van der Waals surface area contributed by atoms with E-state index < -0.39 is 0 Å². The van der Waals surface area contributed by atoms with E-state index in [9.17, 15) is 9.18 Å². The van der Waals surface area contributed by atoms with Crippen molar-refractivity contribution in [3.63, 3.8) is 0 Å². The van der Waals surface area contributed by atoms with E-state index in [0.717, 1.165) is 12.2 Å². The molecule has 130 valence electrons. The van der Waals surface area contributed by atoms with Crippen molar-refractivity contribution in [3.8, 4) is 0 Å².